The first kappa shape index (κ1) is 28.4. The number of hydrogen-bond donors (Lipinski definition) is 0. The number of esters is 1. The summed E-state index contributed by atoms with van der Waals surface area (Å²) in [6, 6.07) is 39.0. The summed E-state index contributed by atoms with van der Waals surface area (Å²) in [4.78, 5) is 25.1. The molecule has 4 rings (SSSR count). The molecule has 6 heteroatoms. The molecule has 200 valence electrons. The average molecular weight is 554 g/mol. The van der Waals surface area contributed by atoms with Crippen LogP contribution in [-0.2, 0) is 20.7 Å². The highest BCUT2D eigenvalue weighted by Crippen LogP contribution is 2.25. The highest BCUT2D eigenvalue weighted by atomic mass is 32.4. The topological polar surface area (TPSA) is 46.6 Å². The number of hydrogen-bond acceptors (Lipinski definition) is 4. The zero-order chi connectivity index (χ0) is 27.7. The number of nitrogens with zero attached hydrogens (tertiary/aromatic N) is 1. The molecule has 0 aliphatic heterocycles. The Morgan fingerprint density at radius 1 is 0.769 bits per heavy atom. The Balaban J connectivity index is 1.60. The first-order valence-corrected chi connectivity index (χ1v) is 16.9. The van der Waals surface area contributed by atoms with Crippen LogP contribution in [0.4, 0.5) is 5.69 Å². The van der Waals surface area contributed by atoms with Gasteiger partial charge in [0, 0.05) is 19.5 Å². The number of rotatable bonds is 11. The zero-order valence-corrected chi connectivity index (χ0v) is 24.6. The van der Waals surface area contributed by atoms with Crippen molar-refractivity contribution in [3.63, 3.8) is 0 Å². The summed E-state index contributed by atoms with van der Waals surface area (Å²) >= 11 is 2.09. The van der Waals surface area contributed by atoms with E-state index in [0.717, 1.165) is 23.4 Å². The van der Waals surface area contributed by atoms with Crippen molar-refractivity contribution < 1.29 is 14.3 Å². The van der Waals surface area contributed by atoms with Crippen molar-refractivity contribution in [2.24, 2.45) is 0 Å². The maximum atomic E-state index is 12.3. The third-order valence-corrected chi connectivity index (χ3v) is 15.2. The standard InChI is InChI=1S/C33H35NO3SSi/c1-26-25-30(34(27(2)35)22-23-37-28(3)36)20-19-29(26)21-24-38-39(31-13-7-4-8-14-31,32-15-9-5-10-16-32)33-17-11-6-12-18-33/h4-20,25H,21-24H2,1-3H3. The lowest BCUT2D eigenvalue weighted by Gasteiger charge is -2.33. The van der Waals surface area contributed by atoms with E-state index in [9.17, 15) is 9.59 Å². The lowest BCUT2D eigenvalue weighted by atomic mass is 10.1. The molecule has 39 heavy (non-hydrogen) atoms. The smallest absolute Gasteiger partial charge is 0.302 e. The van der Waals surface area contributed by atoms with Crippen LogP contribution in [0.25, 0.3) is 0 Å². The van der Waals surface area contributed by atoms with Crippen molar-refractivity contribution in [2.45, 2.75) is 27.2 Å². The van der Waals surface area contributed by atoms with E-state index in [0.29, 0.717) is 6.54 Å². The molecule has 0 fully saturated rings. The van der Waals surface area contributed by atoms with E-state index in [1.54, 1.807) is 4.90 Å². The Morgan fingerprint density at radius 3 is 1.72 bits per heavy atom. The number of aryl methyl sites for hydroxylation is 2. The second kappa shape index (κ2) is 13.4. The number of carbonyl (C=O) groups excluding carboxylic acids is 2. The van der Waals surface area contributed by atoms with Crippen LogP contribution in [0.15, 0.2) is 109 Å². The van der Waals surface area contributed by atoms with Gasteiger partial charge in [-0.2, -0.15) is 11.2 Å². The van der Waals surface area contributed by atoms with Crippen LogP contribution in [0, 0.1) is 6.92 Å². The van der Waals surface area contributed by atoms with Crippen molar-refractivity contribution in [2.75, 3.05) is 23.8 Å². The summed E-state index contributed by atoms with van der Waals surface area (Å²) in [6.45, 7) is 5.53. The molecular weight excluding hydrogens is 519 g/mol. The molecule has 0 aliphatic carbocycles. The molecule has 0 radical (unpaired) electrons. The first-order valence-electron chi connectivity index (χ1n) is 13.2. The van der Waals surface area contributed by atoms with E-state index >= 15 is 0 Å². The molecular formula is C33H35NO3SSi. The molecule has 0 aliphatic rings. The van der Waals surface area contributed by atoms with Crippen molar-refractivity contribution in [1.82, 2.24) is 0 Å². The third kappa shape index (κ3) is 6.88. The van der Waals surface area contributed by atoms with Crippen LogP contribution in [0.5, 0.6) is 0 Å². The van der Waals surface area contributed by atoms with Crippen LogP contribution in [0.3, 0.4) is 0 Å². The van der Waals surface area contributed by atoms with Gasteiger partial charge < -0.3 is 9.64 Å². The molecule has 0 N–H and O–H groups in total. The lowest BCUT2D eigenvalue weighted by Crippen LogP contribution is -2.65. The van der Waals surface area contributed by atoms with Gasteiger partial charge in [0.1, 0.15) is 6.61 Å². The predicted octanol–water partition coefficient (Wildman–Crippen LogP) is 4.85. The first-order chi connectivity index (χ1) is 18.9. The Labute approximate surface area is 236 Å². The second-order valence-corrected chi connectivity index (χ2v) is 16.0. The van der Waals surface area contributed by atoms with Crippen LogP contribution in [0.1, 0.15) is 25.0 Å². The van der Waals surface area contributed by atoms with Gasteiger partial charge in [-0.15, -0.1) is 0 Å². The van der Waals surface area contributed by atoms with Gasteiger partial charge in [0.05, 0.1) is 6.54 Å². The van der Waals surface area contributed by atoms with Gasteiger partial charge in [0.25, 0.3) is 0 Å². The van der Waals surface area contributed by atoms with Gasteiger partial charge in [0.2, 0.25) is 13.1 Å². The van der Waals surface area contributed by atoms with Gasteiger partial charge in [-0.1, -0.05) is 97.1 Å². The minimum atomic E-state index is -2.34. The normalized spacial score (nSPS) is 11.2. The molecule has 0 unspecified atom stereocenters. The minimum absolute atomic E-state index is 0.0748. The Hall–Kier alpha value is -3.61. The summed E-state index contributed by atoms with van der Waals surface area (Å²) < 4.78 is 5.06. The van der Waals surface area contributed by atoms with Crippen molar-refractivity contribution >= 4 is 51.6 Å². The summed E-state index contributed by atoms with van der Waals surface area (Å²) in [5.74, 6) is 0.548. The van der Waals surface area contributed by atoms with Crippen molar-refractivity contribution in [3.05, 3.63) is 120 Å². The highest BCUT2D eigenvalue weighted by Gasteiger charge is 2.40. The molecule has 0 saturated heterocycles. The van der Waals surface area contributed by atoms with Crippen LogP contribution in [-0.4, -0.2) is 38.0 Å². The Morgan fingerprint density at radius 2 is 1.28 bits per heavy atom. The fraction of sp³-hybridized carbons (Fsp3) is 0.212. The zero-order valence-electron chi connectivity index (χ0n) is 22.8. The van der Waals surface area contributed by atoms with Crippen LogP contribution >= 0.6 is 11.2 Å². The van der Waals surface area contributed by atoms with Crippen LogP contribution in [0.2, 0.25) is 0 Å². The van der Waals surface area contributed by atoms with E-state index < -0.39 is 7.22 Å². The number of amides is 1. The SMILES string of the molecule is CC(=O)OCCN(C(C)=O)c1ccc(CCS[Si](c2ccccc2)(c2ccccc2)c2ccccc2)c(C)c1. The predicted molar refractivity (Wildman–Crippen MR) is 166 cm³/mol. The fourth-order valence-corrected chi connectivity index (χ4v) is 13.0. The number of ether oxygens (including phenoxy) is 1. The molecule has 4 nitrogen and oxygen atoms in total. The van der Waals surface area contributed by atoms with E-state index in [1.807, 2.05) is 6.07 Å². The monoisotopic (exact) mass is 553 g/mol. The average Bonchev–Trinajstić information content (AvgIpc) is 2.95. The molecule has 0 bridgehead atoms. The van der Waals surface area contributed by atoms with Gasteiger partial charge in [-0.25, -0.2) is 0 Å². The Bertz CT molecular complexity index is 1280. The molecule has 0 heterocycles. The molecule has 0 atom stereocenters. The maximum Gasteiger partial charge on any atom is 0.302 e. The number of carbonyl (C=O) groups is 2. The maximum absolute atomic E-state index is 12.3. The van der Waals surface area contributed by atoms with Gasteiger partial charge in [-0.05, 0) is 57.9 Å². The van der Waals surface area contributed by atoms with Gasteiger partial charge in [0.15, 0.2) is 0 Å². The van der Waals surface area contributed by atoms with Crippen LogP contribution < -0.4 is 20.5 Å². The Kier molecular flexibility index (Phi) is 9.79. The second-order valence-electron chi connectivity index (χ2n) is 9.50. The minimum Gasteiger partial charge on any atom is -0.464 e. The van der Waals surface area contributed by atoms with Crippen molar-refractivity contribution in [1.29, 1.82) is 0 Å². The summed E-state index contributed by atoms with van der Waals surface area (Å²) in [5, 5.41) is 4.18. The molecule has 4 aromatic carbocycles. The van der Waals surface area contributed by atoms with E-state index in [4.69, 9.17) is 4.74 Å². The molecule has 4 aromatic rings. The third-order valence-electron chi connectivity index (χ3n) is 6.87. The van der Waals surface area contributed by atoms with E-state index in [1.165, 1.54) is 35.0 Å². The summed E-state index contributed by atoms with van der Waals surface area (Å²) in [6.07, 6.45) is 0.922. The lowest BCUT2D eigenvalue weighted by molar-refractivity contribution is -0.140. The molecule has 0 saturated carbocycles. The fourth-order valence-electron chi connectivity index (χ4n) is 4.96. The summed E-state index contributed by atoms with van der Waals surface area (Å²) in [5.41, 5.74) is 3.25. The highest BCUT2D eigenvalue weighted by molar-refractivity contribution is 8.33. The van der Waals surface area contributed by atoms with E-state index in [-0.39, 0.29) is 18.5 Å². The molecule has 1 amide bonds. The molecule has 0 spiro atoms. The quantitative estimate of drug-likeness (QED) is 0.151. The van der Waals surface area contributed by atoms with Gasteiger partial charge >= 0.3 is 5.97 Å². The molecule has 0 aromatic heterocycles. The van der Waals surface area contributed by atoms with E-state index in [2.05, 4.69) is 121 Å². The largest absolute Gasteiger partial charge is 0.464 e. The number of benzene rings is 4. The number of anilines is 1. The summed E-state index contributed by atoms with van der Waals surface area (Å²) in [7, 11) is -2.34. The van der Waals surface area contributed by atoms with Crippen molar-refractivity contribution in [3.8, 4) is 0 Å². The van der Waals surface area contributed by atoms with Gasteiger partial charge in [-0.3, -0.25) is 9.59 Å².